The molecule has 1 amide bonds. The van der Waals surface area contributed by atoms with Gasteiger partial charge in [0.05, 0.1) is 25.6 Å². The first-order valence-corrected chi connectivity index (χ1v) is 7.94. The molecule has 3 rings (SSSR count). The van der Waals surface area contributed by atoms with Crippen LogP contribution in [0.2, 0.25) is 0 Å². The van der Waals surface area contributed by atoms with Crippen molar-refractivity contribution in [3.8, 4) is 5.75 Å². The molecule has 25 heavy (non-hydrogen) atoms. The molecule has 5 heteroatoms. The van der Waals surface area contributed by atoms with E-state index in [9.17, 15) is 4.79 Å². The van der Waals surface area contributed by atoms with Crippen molar-refractivity contribution in [2.75, 3.05) is 19.0 Å². The highest BCUT2D eigenvalue weighted by molar-refractivity contribution is 5.91. The standard InChI is InChI=1S/C20H19N3O2/c1-25-19-9-5-4-8-18(19)21-14-20(24)23-22-13-15-10-11-16-6-2-3-7-17(16)12-15/h2-13,21H,14H2,1H3,(H,23,24). The van der Waals surface area contributed by atoms with Crippen LogP contribution in [0.4, 0.5) is 5.69 Å². The van der Waals surface area contributed by atoms with Crippen LogP contribution in [0.1, 0.15) is 5.56 Å². The third kappa shape index (κ3) is 4.35. The van der Waals surface area contributed by atoms with Crippen LogP contribution in [0.25, 0.3) is 10.8 Å². The second kappa shape index (κ2) is 7.97. The number of amides is 1. The topological polar surface area (TPSA) is 62.7 Å². The van der Waals surface area contributed by atoms with Crippen molar-refractivity contribution in [2.45, 2.75) is 0 Å². The van der Waals surface area contributed by atoms with E-state index in [1.807, 2.05) is 60.7 Å². The molecule has 5 nitrogen and oxygen atoms in total. The molecule has 0 saturated carbocycles. The zero-order chi connectivity index (χ0) is 17.5. The number of rotatable bonds is 6. The van der Waals surface area contributed by atoms with Crippen molar-refractivity contribution >= 4 is 28.6 Å². The van der Waals surface area contributed by atoms with Gasteiger partial charge in [-0.15, -0.1) is 0 Å². The second-order valence-corrected chi connectivity index (χ2v) is 5.45. The Morgan fingerprint density at radius 2 is 1.80 bits per heavy atom. The summed E-state index contributed by atoms with van der Waals surface area (Å²) in [5.41, 5.74) is 4.20. The van der Waals surface area contributed by atoms with E-state index < -0.39 is 0 Å². The molecule has 0 aliphatic carbocycles. The monoisotopic (exact) mass is 333 g/mol. The Balaban J connectivity index is 1.55. The quantitative estimate of drug-likeness (QED) is 0.537. The molecule has 0 heterocycles. The van der Waals surface area contributed by atoms with Gasteiger partial charge in [0.1, 0.15) is 5.75 Å². The molecule has 0 aromatic heterocycles. The predicted molar refractivity (Wildman–Crippen MR) is 101 cm³/mol. The first-order chi connectivity index (χ1) is 12.3. The van der Waals surface area contributed by atoms with Crippen LogP contribution in [0.3, 0.4) is 0 Å². The first-order valence-electron chi connectivity index (χ1n) is 7.94. The summed E-state index contributed by atoms with van der Waals surface area (Å²) in [6, 6.07) is 21.6. The van der Waals surface area contributed by atoms with Crippen LogP contribution in [0.5, 0.6) is 5.75 Å². The van der Waals surface area contributed by atoms with E-state index in [0.29, 0.717) is 5.75 Å². The summed E-state index contributed by atoms with van der Waals surface area (Å²) in [7, 11) is 1.59. The van der Waals surface area contributed by atoms with Gasteiger partial charge < -0.3 is 10.1 Å². The molecule has 3 aromatic rings. The predicted octanol–water partition coefficient (Wildman–Crippen LogP) is 3.41. The molecule has 0 bridgehead atoms. The van der Waals surface area contributed by atoms with Crippen LogP contribution in [-0.4, -0.2) is 25.8 Å². The Labute approximate surface area is 146 Å². The number of anilines is 1. The third-order valence-electron chi connectivity index (χ3n) is 3.72. The highest BCUT2D eigenvalue weighted by atomic mass is 16.5. The van der Waals surface area contributed by atoms with Gasteiger partial charge in [-0.25, -0.2) is 5.43 Å². The lowest BCUT2D eigenvalue weighted by molar-refractivity contribution is -0.119. The first kappa shape index (κ1) is 16.5. The van der Waals surface area contributed by atoms with E-state index in [0.717, 1.165) is 16.6 Å². The van der Waals surface area contributed by atoms with Gasteiger partial charge >= 0.3 is 0 Å². The maximum atomic E-state index is 11.9. The normalized spacial score (nSPS) is 10.8. The molecule has 0 spiro atoms. The Kier molecular flexibility index (Phi) is 5.26. The molecule has 0 aliphatic rings. The van der Waals surface area contributed by atoms with Gasteiger partial charge in [0.25, 0.3) is 5.91 Å². The summed E-state index contributed by atoms with van der Waals surface area (Å²) < 4.78 is 5.23. The SMILES string of the molecule is COc1ccccc1NCC(=O)NN=Cc1ccc2ccccc2c1. The molecule has 0 radical (unpaired) electrons. The molecule has 126 valence electrons. The van der Waals surface area contributed by atoms with E-state index in [-0.39, 0.29) is 12.5 Å². The Morgan fingerprint density at radius 3 is 2.64 bits per heavy atom. The molecule has 0 fully saturated rings. The maximum Gasteiger partial charge on any atom is 0.259 e. The molecular formula is C20H19N3O2. The lowest BCUT2D eigenvalue weighted by atomic mass is 10.1. The minimum Gasteiger partial charge on any atom is -0.495 e. The number of hydrazone groups is 1. The van der Waals surface area contributed by atoms with Gasteiger partial charge in [-0.1, -0.05) is 48.5 Å². The van der Waals surface area contributed by atoms with Gasteiger partial charge in [-0.2, -0.15) is 5.10 Å². The number of para-hydroxylation sites is 2. The number of nitrogens with one attached hydrogen (secondary N) is 2. The Bertz CT molecular complexity index is 906. The highest BCUT2D eigenvalue weighted by Gasteiger charge is 2.03. The van der Waals surface area contributed by atoms with Gasteiger partial charge in [0, 0.05) is 0 Å². The average molecular weight is 333 g/mol. The van der Waals surface area contributed by atoms with Crippen molar-refractivity contribution in [3.63, 3.8) is 0 Å². The van der Waals surface area contributed by atoms with Crippen molar-refractivity contribution in [3.05, 3.63) is 72.3 Å². The van der Waals surface area contributed by atoms with Crippen LogP contribution in [0, 0.1) is 0 Å². The number of carbonyl (C=O) groups is 1. The fourth-order valence-electron chi connectivity index (χ4n) is 2.47. The molecule has 3 aromatic carbocycles. The number of benzene rings is 3. The fraction of sp³-hybridized carbons (Fsp3) is 0.100. The van der Waals surface area contributed by atoms with Gasteiger partial charge in [-0.3, -0.25) is 4.79 Å². The third-order valence-corrected chi connectivity index (χ3v) is 3.72. The van der Waals surface area contributed by atoms with Crippen LogP contribution >= 0.6 is 0 Å². The Morgan fingerprint density at radius 1 is 1.04 bits per heavy atom. The summed E-state index contributed by atoms with van der Waals surface area (Å²) >= 11 is 0. The summed E-state index contributed by atoms with van der Waals surface area (Å²) in [6.45, 7) is 0.107. The minimum absolute atomic E-state index is 0.107. The van der Waals surface area contributed by atoms with Crippen LogP contribution in [0.15, 0.2) is 71.8 Å². The largest absolute Gasteiger partial charge is 0.495 e. The van der Waals surface area contributed by atoms with Gasteiger partial charge in [0.15, 0.2) is 0 Å². The van der Waals surface area contributed by atoms with Crippen molar-refractivity contribution in [2.24, 2.45) is 5.10 Å². The highest BCUT2D eigenvalue weighted by Crippen LogP contribution is 2.22. The van der Waals surface area contributed by atoms with Gasteiger partial charge in [-0.05, 0) is 34.5 Å². The van der Waals surface area contributed by atoms with E-state index in [1.165, 1.54) is 5.39 Å². The molecule has 0 unspecified atom stereocenters. The molecule has 0 aliphatic heterocycles. The average Bonchev–Trinajstić information content (AvgIpc) is 2.66. The summed E-state index contributed by atoms with van der Waals surface area (Å²) in [5.74, 6) is 0.456. The number of nitrogens with zero attached hydrogens (tertiary/aromatic N) is 1. The number of hydrogen-bond donors (Lipinski definition) is 2. The lowest BCUT2D eigenvalue weighted by Gasteiger charge is -2.09. The van der Waals surface area contributed by atoms with E-state index in [4.69, 9.17) is 4.74 Å². The molecule has 0 atom stereocenters. The molecule has 0 saturated heterocycles. The number of methoxy groups -OCH3 is 1. The fourth-order valence-corrected chi connectivity index (χ4v) is 2.47. The van der Waals surface area contributed by atoms with Crippen LogP contribution in [-0.2, 0) is 4.79 Å². The number of fused-ring (bicyclic) bond motifs is 1. The number of ether oxygens (including phenoxy) is 1. The van der Waals surface area contributed by atoms with Gasteiger partial charge in [0.2, 0.25) is 0 Å². The molecule has 2 N–H and O–H groups in total. The van der Waals surface area contributed by atoms with Crippen LogP contribution < -0.4 is 15.5 Å². The van der Waals surface area contributed by atoms with E-state index >= 15 is 0 Å². The zero-order valence-electron chi connectivity index (χ0n) is 13.9. The summed E-state index contributed by atoms with van der Waals surface area (Å²) in [5, 5.41) is 9.34. The zero-order valence-corrected chi connectivity index (χ0v) is 13.9. The Hall–Kier alpha value is -3.34. The van der Waals surface area contributed by atoms with E-state index in [2.05, 4.69) is 21.9 Å². The maximum absolute atomic E-state index is 11.9. The molecular weight excluding hydrogens is 314 g/mol. The summed E-state index contributed by atoms with van der Waals surface area (Å²) in [6.07, 6.45) is 1.63. The smallest absolute Gasteiger partial charge is 0.259 e. The summed E-state index contributed by atoms with van der Waals surface area (Å²) in [4.78, 5) is 11.9. The van der Waals surface area contributed by atoms with Crippen molar-refractivity contribution in [1.29, 1.82) is 0 Å². The lowest BCUT2D eigenvalue weighted by Crippen LogP contribution is -2.26. The number of carbonyl (C=O) groups excluding carboxylic acids is 1. The number of hydrogen-bond acceptors (Lipinski definition) is 4. The van der Waals surface area contributed by atoms with Crippen molar-refractivity contribution < 1.29 is 9.53 Å². The van der Waals surface area contributed by atoms with E-state index in [1.54, 1.807) is 13.3 Å². The second-order valence-electron chi connectivity index (χ2n) is 5.45. The minimum atomic E-state index is -0.233. The van der Waals surface area contributed by atoms with Crippen molar-refractivity contribution in [1.82, 2.24) is 5.43 Å².